The number of likely N-dealkylation sites (tertiary alicyclic amines) is 1. The zero-order valence-corrected chi connectivity index (χ0v) is 12.7. The van der Waals surface area contributed by atoms with E-state index in [9.17, 15) is 9.59 Å². The van der Waals surface area contributed by atoms with Gasteiger partial charge >= 0.3 is 6.03 Å². The summed E-state index contributed by atoms with van der Waals surface area (Å²) in [6, 6.07) is 7.91. The van der Waals surface area contributed by atoms with Gasteiger partial charge in [-0.25, -0.2) is 4.79 Å². The molecular formula is C16H21N3O2. The highest BCUT2D eigenvalue weighted by Gasteiger charge is 2.54. The van der Waals surface area contributed by atoms with Crippen molar-refractivity contribution >= 4 is 17.6 Å². The average Bonchev–Trinajstić information content (AvgIpc) is 2.98. The predicted octanol–water partition coefficient (Wildman–Crippen LogP) is 1.72. The number of benzene rings is 1. The summed E-state index contributed by atoms with van der Waals surface area (Å²) >= 11 is 0. The van der Waals surface area contributed by atoms with E-state index in [4.69, 9.17) is 0 Å². The number of fused-ring (bicyclic) bond motifs is 2. The third-order valence-electron chi connectivity index (χ3n) is 4.46. The molecule has 0 aliphatic carbocycles. The number of nitrogens with zero attached hydrogens (tertiary/aromatic N) is 2. The normalized spacial score (nSPS) is 24.1. The van der Waals surface area contributed by atoms with Gasteiger partial charge in [-0.3, -0.25) is 4.79 Å². The molecule has 3 rings (SSSR count). The molecule has 2 heterocycles. The Hall–Kier alpha value is -2.04. The van der Waals surface area contributed by atoms with E-state index in [1.54, 1.807) is 9.80 Å². The monoisotopic (exact) mass is 287 g/mol. The molecule has 0 radical (unpaired) electrons. The third kappa shape index (κ3) is 1.99. The number of likely N-dealkylation sites (N-methyl/N-ethyl adjacent to an activating group) is 1. The summed E-state index contributed by atoms with van der Waals surface area (Å²) in [5.41, 5.74) is 1.46. The van der Waals surface area contributed by atoms with Crippen LogP contribution in [0.4, 0.5) is 10.5 Å². The predicted molar refractivity (Wildman–Crippen MR) is 81.4 cm³/mol. The molecule has 2 aliphatic heterocycles. The number of amides is 3. The second kappa shape index (κ2) is 4.76. The van der Waals surface area contributed by atoms with Gasteiger partial charge in [-0.1, -0.05) is 18.2 Å². The van der Waals surface area contributed by atoms with Crippen LogP contribution in [-0.2, 0) is 10.2 Å². The van der Waals surface area contributed by atoms with Gasteiger partial charge < -0.3 is 15.1 Å². The van der Waals surface area contributed by atoms with Crippen molar-refractivity contribution in [1.29, 1.82) is 0 Å². The zero-order valence-electron chi connectivity index (χ0n) is 12.7. The number of urea groups is 1. The summed E-state index contributed by atoms with van der Waals surface area (Å²) in [6.45, 7) is 4.96. The molecule has 2 aliphatic rings. The maximum atomic E-state index is 12.7. The minimum Gasteiger partial charge on any atom is -0.336 e. The summed E-state index contributed by atoms with van der Waals surface area (Å²) in [7, 11) is 1.81. The standard InChI is InChI=1S/C16H21N3O2/c1-11(2)17-15(21)19-9-8-16(10-19)12-6-4-5-7-13(12)18(3)14(16)20/h4-7,11H,8-10H2,1-3H3,(H,17,21). The van der Waals surface area contributed by atoms with Crippen LogP contribution in [0.25, 0.3) is 0 Å². The van der Waals surface area contributed by atoms with Crippen molar-refractivity contribution in [3.05, 3.63) is 29.8 Å². The number of para-hydroxylation sites is 1. The molecule has 1 aromatic carbocycles. The molecule has 1 unspecified atom stereocenters. The molecule has 1 spiro atoms. The van der Waals surface area contributed by atoms with E-state index in [0.717, 1.165) is 11.3 Å². The quantitative estimate of drug-likeness (QED) is 0.855. The molecule has 5 heteroatoms. The lowest BCUT2D eigenvalue weighted by Crippen LogP contribution is -2.45. The highest BCUT2D eigenvalue weighted by molar-refractivity contribution is 6.08. The van der Waals surface area contributed by atoms with Gasteiger partial charge in [-0.2, -0.15) is 0 Å². The molecule has 112 valence electrons. The van der Waals surface area contributed by atoms with Gasteiger partial charge in [0.2, 0.25) is 5.91 Å². The lowest BCUT2D eigenvalue weighted by Gasteiger charge is -2.24. The smallest absolute Gasteiger partial charge is 0.317 e. The van der Waals surface area contributed by atoms with E-state index in [1.165, 1.54) is 0 Å². The summed E-state index contributed by atoms with van der Waals surface area (Å²) in [4.78, 5) is 28.4. The molecule has 1 fully saturated rings. The Labute approximate surface area is 124 Å². The van der Waals surface area contributed by atoms with Crippen LogP contribution in [-0.4, -0.2) is 43.0 Å². The number of hydrogen-bond acceptors (Lipinski definition) is 2. The minimum absolute atomic E-state index is 0.0818. The molecule has 0 bridgehead atoms. The van der Waals surface area contributed by atoms with E-state index in [-0.39, 0.29) is 18.0 Å². The van der Waals surface area contributed by atoms with Gasteiger partial charge in [0.05, 0.1) is 5.41 Å². The van der Waals surface area contributed by atoms with Crippen LogP contribution in [0.3, 0.4) is 0 Å². The number of rotatable bonds is 1. The van der Waals surface area contributed by atoms with Crippen molar-refractivity contribution in [2.24, 2.45) is 0 Å². The molecule has 1 N–H and O–H groups in total. The largest absolute Gasteiger partial charge is 0.336 e. The van der Waals surface area contributed by atoms with E-state index in [0.29, 0.717) is 19.5 Å². The molecular weight excluding hydrogens is 266 g/mol. The van der Waals surface area contributed by atoms with Crippen molar-refractivity contribution in [1.82, 2.24) is 10.2 Å². The van der Waals surface area contributed by atoms with E-state index >= 15 is 0 Å². The fourth-order valence-corrected chi connectivity index (χ4v) is 3.43. The number of carbonyl (C=O) groups is 2. The van der Waals surface area contributed by atoms with Crippen molar-refractivity contribution < 1.29 is 9.59 Å². The molecule has 21 heavy (non-hydrogen) atoms. The van der Waals surface area contributed by atoms with Crippen LogP contribution in [0, 0.1) is 0 Å². The highest BCUT2D eigenvalue weighted by atomic mass is 16.2. The molecule has 0 aromatic heterocycles. The fourth-order valence-electron chi connectivity index (χ4n) is 3.43. The van der Waals surface area contributed by atoms with E-state index in [2.05, 4.69) is 5.32 Å². The summed E-state index contributed by atoms with van der Waals surface area (Å²) in [6.07, 6.45) is 0.693. The Balaban J connectivity index is 1.90. The van der Waals surface area contributed by atoms with E-state index < -0.39 is 5.41 Å². The first kappa shape index (κ1) is 13.9. The first-order chi connectivity index (χ1) is 9.95. The van der Waals surface area contributed by atoms with Gasteiger partial charge in [0.25, 0.3) is 0 Å². The topological polar surface area (TPSA) is 52.7 Å². The van der Waals surface area contributed by atoms with E-state index in [1.807, 2.05) is 45.2 Å². The Kier molecular flexibility index (Phi) is 3.15. The molecule has 1 aromatic rings. The Morgan fingerprint density at radius 1 is 1.33 bits per heavy atom. The van der Waals surface area contributed by atoms with Crippen LogP contribution in [0.5, 0.6) is 0 Å². The van der Waals surface area contributed by atoms with Crippen molar-refractivity contribution in [2.75, 3.05) is 25.0 Å². The summed E-state index contributed by atoms with van der Waals surface area (Å²) in [5.74, 6) is 0.101. The molecule has 0 saturated carbocycles. The lowest BCUT2D eigenvalue weighted by molar-refractivity contribution is -0.122. The molecule has 3 amide bonds. The molecule has 5 nitrogen and oxygen atoms in total. The number of hydrogen-bond donors (Lipinski definition) is 1. The first-order valence-corrected chi connectivity index (χ1v) is 7.39. The summed E-state index contributed by atoms with van der Waals surface area (Å²) < 4.78 is 0. The minimum atomic E-state index is -0.556. The number of carbonyl (C=O) groups excluding carboxylic acids is 2. The third-order valence-corrected chi connectivity index (χ3v) is 4.46. The Bertz CT molecular complexity index is 599. The number of nitrogens with one attached hydrogen (secondary N) is 1. The van der Waals surface area contributed by atoms with Crippen LogP contribution >= 0.6 is 0 Å². The van der Waals surface area contributed by atoms with Gasteiger partial charge in [-0.15, -0.1) is 0 Å². The van der Waals surface area contributed by atoms with Gasteiger partial charge in [0.1, 0.15) is 0 Å². The highest BCUT2D eigenvalue weighted by Crippen LogP contribution is 2.46. The van der Waals surface area contributed by atoms with Crippen LogP contribution < -0.4 is 10.2 Å². The van der Waals surface area contributed by atoms with Gasteiger partial charge in [0.15, 0.2) is 0 Å². The van der Waals surface area contributed by atoms with Gasteiger partial charge in [-0.05, 0) is 31.9 Å². The molecule has 1 saturated heterocycles. The Morgan fingerprint density at radius 3 is 2.76 bits per heavy atom. The average molecular weight is 287 g/mol. The zero-order chi connectivity index (χ0) is 15.2. The number of anilines is 1. The maximum absolute atomic E-state index is 12.7. The first-order valence-electron chi connectivity index (χ1n) is 7.39. The van der Waals surface area contributed by atoms with Crippen molar-refractivity contribution in [2.45, 2.75) is 31.7 Å². The summed E-state index contributed by atoms with van der Waals surface area (Å²) in [5, 5.41) is 2.90. The maximum Gasteiger partial charge on any atom is 0.317 e. The fraction of sp³-hybridized carbons (Fsp3) is 0.500. The SMILES string of the molecule is CC(C)NC(=O)N1CCC2(C1)C(=O)N(C)c1ccccc12. The Morgan fingerprint density at radius 2 is 2.05 bits per heavy atom. The van der Waals surface area contributed by atoms with Crippen LogP contribution in [0.15, 0.2) is 24.3 Å². The van der Waals surface area contributed by atoms with Crippen molar-refractivity contribution in [3.63, 3.8) is 0 Å². The van der Waals surface area contributed by atoms with Crippen LogP contribution in [0.1, 0.15) is 25.8 Å². The molecule has 1 atom stereocenters. The second-order valence-corrected chi connectivity index (χ2v) is 6.24. The van der Waals surface area contributed by atoms with Crippen LogP contribution in [0.2, 0.25) is 0 Å². The van der Waals surface area contributed by atoms with Gasteiger partial charge in [0, 0.05) is 31.9 Å². The lowest BCUT2D eigenvalue weighted by atomic mass is 9.81. The van der Waals surface area contributed by atoms with Crippen molar-refractivity contribution in [3.8, 4) is 0 Å². The second-order valence-electron chi connectivity index (χ2n) is 6.24.